The van der Waals surface area contributed by atoms with Crippen molar-refractivity contribution >= 4 is 17.5 Å². The molecule has 4 rings (SSSR count). The highest BCUT2D eigenvalue weighted by Gasteiger charge is 2.16. The number of aromatic amines is 1. The maximum absolute atomic E-state index is 12.5. The van der Waals surface area contributed by atoms with Crippen LogP contribution < -0.4 is 14.8 Å². The summed E-state index contributed by atoms with van der Waals surface area (Å²) < 4.78 is 10.6. The van der Waals surface area contributed by atoms with Crippen molar-refractivity contribution in [3.63, 3.8) is 0 Å². The number of carbonyl (C=O) groups excluding carboxylic acids is 1. The van der Waals surface area contributed by atoms with Crippen molar-refractivity contribution in [2.75, 3.05) is 6.79 Å². The maximum Gasteiger partial charge on any atom is 0.255 e. The number of halogens is 1. The second kappa shape index (κ2) is 6.49. The normalized spacial score (nSPS) is 12.2. The largest absolute Gasteiger partial charge is 0.454 e. The monoisotopic (exact) mass is 355 g/mol. The molecule has 0 saturated heterocycles. The minimum atomic E-state index is -0.212. The zero-order valence-electron chi connectivity index (χ0n) is 13.1. The summed E-state index contributed by atoms with van der Waals surface area (Å²) in [5.41, 5.74) is 2.90. The van der Waals surface area contributed by atoms with E-state index < -0.39 is 0 Å². The molecule has 2 heterocycles. The zero-order chi connectivity index (χ0) is 17.2. The van der Waals surface area contributed by atoms with E-state index in [4.69, 9.17) is 21.1 Å². The molecule has 0 aliphatic carbocycles. The second-order valence-electron chi connectivity index (χ2n) is 5.54. The summed E-state index contributed by atoms with van der Waals surface area (Å²) in [7, 11) is 0. The molecule has 0 saturated carbocycles. The van der Waals surface area contributed by atoms with Crippen LogP contribution in [0.1, 0.15) is 15.9 Å². The van der Waals surface area contributed by atoms with Gasteiger partial charge in [-0.25, -0.2) is 0 Å². The van der Waals surface area contributed by atoms with Crippen LogP contribution in [-0.4, -0.2) is 22.9 Å². The zero-order valence-corrected chi connectivity index (χ0v) is 13.8. The lowest BCUT2D eigenvalue weighted by atomic mass is 10.1. The van der Waals surface area contributed by atoms with Gasteiger partial charge in [0.1, 0.15) is 0 Å². The van der Waals surface area contributed by atoms with Crippen LogP contribution in [-0.2, 0) is 6.54 Å². The number of ether oxygens (including phenoxy) is 2. The van der Waals surface area contributed by atoms with Crippen LogP contribution in [0, 0.1) is 0 Å². The molecular weight excluding hydrogens is 342 g/mol. The van der Waals surface area contributed by atoms with Gasteiger partial charge in [0.05, 0.1) is 17.5 Å². The average Bonchev–Trinajstić information content (AvgIpc) is 3.29. The number of hydrogen-bond acceptors (Lipinski definition) is 4. The van der Waals surface area contributed by atoms with Crippen LogP contribution in [0.4, 0.5) is 0 Å². The molecule has 0 fully saturated rings. The Hall–Kier alpha value is -2.99. The summed E-state index contributed by atoms with van der Waals surface area (Å²) >= 11 is 5.91. The number of carbonyl (C=O) groups is 1. The lowest BCUT2D eigenvalue weighted by molar-refractivity contribution is 0.0951. The summed E-state index contributed by atoms with van der Waals surface area (Å²) in [6.45, 7) is 0.603. The molecule has 0 radical (unpaired) electrons. The van der Waals surface area contributed by atoms with Crippen molar-refractivity contribution < 1.29 is 14.3 Å². The van der Waals surface area contributed by atoms with E-state index in [1.165, 1.54) is 6.20 Å². The third-order valence-electron chi connectivity index (χ3n) is 3.91. The van der Waals surface area contributed by atoms with E-state index in [0.29, 0.717) is 28.6 Å². The average molecular weight is 356 g/mol. The number of H-pyrrole nitrogens is 1. The number of fused-ring (bicyclic) bond motifs is 1. The quantitative estimate of drug-likeness (QED) is 0.752. The molecule has 0 bridgehead atoms. The van der Waals surface area contributed by atoms with Gasteiger partial charge in [0.15, 0.2) is 11.5 Å². The molecule has 3 aromatic rings. The predicted molar refractivity (Wildman–Crippen MR) is 92.8 cm³/mol. The van der Waals surface area contributed by atoms with Crippen molar-refractivity contribution in [1.29, 1.82) is 0 Å². The third-order valence-corrected chi connectivity index (χ3v) is 4.16. The van der Waals surface area contributed by atoms with E-state index in [0.717, 1.165) is 16.9 Å². The molecule has 25 heavy (non-hydrogen) atoms. The molecule has 2 N–H and O–H groups in total. The van der Waals surface area contributed by atoms with E-state index in [1.54, 1.807) is 12.1 Å². The topological polar surface area (TPSA) is 76.2 Å². The van der Waals surface area contributed by atoms with Gasteiger partial charge in [-0.15, -0.1) is 0 Å². The van der Waals surface area contributed by atoms with Crippen LogP contribution in [0.15, 0.2) is 48.7 Å². The highest BCUT2D eigenvalue weighted by Crippen LogP contribution is 2.32. The molecule has 0 unspecified atom stereocenters. The van der Waals surface area contributed by atoms with Gasteiger partial charge in [-0.3, -0.25) is 9.89 Å². The Bertz CT molecular complexity index is 922. The van der Waals surface area contributed by atoms with Gasteiger partial charge in [0.2, 0.25) is 6.79 Å². The summed E-state index contributed by atoms with van der Waals surface area (Å²) in [5, 5.41) is 10.4. The van der Waals surface area contributed by atoms with Gasteiger partial charge in [-0.05, 0) is 29.8 Å². The number of aromatic nitrogens is 2. The van der Waals surface area contributed by atoms with Crippen LogP contribution >= 0.6 is 11.6 Å². The van der Waals surface area contributed by atoms with Crippen molar-refractivity contribution in [1.82, 2.24) is 15.5 Å². The Labute approximate surface area is 148 Å². The molecular formula is C18H14ClN3O3. The lowest BCUT2D eigenvalue weighted by Gasteiger charge is -2.07. The van der Waals surface area contributed by atoms with Gasteiger partial charge in [0, 0.05) is 17.1 Å². The number of benzene rings is 2. The lowest BCUT2D eigenvalue weighted by Crippen LogP contribution is -2.22. The molecule has 1 amide bonds. The molecule has 1 aliphatic rings. The number of amides is 1. The summed E-state index contributed by atoms with van der Waals surface area (Å²) in [4.78, 5) is 12.5. The standard InChI is InChI=1S/C18H14ClN3O3/c19-13-4-2-12(3-5-13)17-14(9-21-22-17)18(23)20-8-11-1-6-15-16(7-11)25-10-24-15/h1-7,9H,8,10H2,(H,20,23)(H,21,22). The van der Waals surface area contributed by atoms with Crippen LogP contribution in [0.5, 0.6) is 11.5 Å². The van der Waals surface area contributed by atoms with Crippen molar-refractivity contribution in [3.8, 4) is 22.8 Å². The molecule has 126 valence electrons. The van der Waals surface area contributed by atoms with Crippen molar-refractivity contribution in [2.45, 2.75) is 6.54 Å². The minimum Gasteiger partial charge on any atom is -0.454 e. The summed E-state index contributed by atoms with van der Waals surface area (Å²) in [5.74, 6) is 1.20. The first-order valence-electron chi connectivity index (χ1n) is 7.67. The summed E-state index contributed by atoms with van der Waals surface area (Å²) in [6, 6.07) is 12.8. The Morgan fingerprint density at radius 3 is 2.80 bits per heavy atom. The Kier molecular flexibility index (Phi) is 4.03. The smallest absolute Gasteiger partial charge is 0.255 e. The highest BCUT2D eigenvalue weighted by molar-refractivity contribution is 6.30. The minimum absolute atomic E-state index is 0.212. The van der Waals surface area contributed by atoms with Crippen molar-refractivity contribution in [3.05, 3.63) is 64.8 Å². The van der Waals surface area contributed by atoms with E-state index in [-0.39, 0.29) is 12.7 Å². The Balaban J connectivity index is 1.49. The van der Waals surface area contributed by atoms with Gasteiger partial charge in [-0.1, -0.05) is 29.8 Å². The first-order valence-corrected chi connectivity index (χ1v) is 8.04. The number of hydrogen-bond donors (Lipinski definition) is 2. The number of nitrogens with one attached hydrogen (secondary N) is 2. The van der Waals surface area contributed by atoms with E-state index in [9.17, 15) is 4.79 Å². The van der Waals surface area contributed by atoms with Gasteiger partial charge >= 0.3 is 0 Å². The number of rotatable bonds is 4. The Morgan fingerprint density at radius 1 is 1.16 bits per heavy atom. The van der Waals surface area contributed by atoms with E-state index >= 15 is 0 Å². The van der Waals surface area contributed by atoms with E-state index in [2.05, 4.69) is 15.5 Å². The molecule has 6 nitrogen and oxygen atoms in total. The molecule has 2 aromatic carbocycles. The number of nitrogens with zero attached hydrogens (tertiary/aromatic N) is 1. The summed E-state index contributed by atoms with van der Waals surface area (Å²) in [6.07, 6.45) is 1.51. The maximum atomic E-state index is 12.5. The van der Waals surface area contributed by atoms with Crippen LogP contribution in [0.25, 0.3) is 11.3 Å². The Morgan fingerprint density at radius 2 is 1.96 bits per heavy atom. The first kappa shape index (κ1) is 15.5. The third kappa shape index (κ3) is 3.16. The highest BCUT2D eigenvalue weighted by atomic mass is 35.5. The fourth-order valence-corrected chi connectivity index (χ4v) is 2.75. The molecule has 7 heteroatoms. The van der Waals surface area contributed by atoms with E-state index in [1.807, 2.05) is 30.3 Å². The molecule has 1 aliphatic heterocycles. The van der Waals surface area contributed by atoms with Gasteiger partial charge in [-0.2, -0.15) is 5.10 Å². The fourth-order valence-electron chi connectivity index (χ4n) is 2.62. The first-order chi connectivity index (χ1) is 12.2. The molecule has 0 atom stereocenters. The fraction of sp³-hybridized carbons (Fsp3) is 0.111. The molecule has 0 spiro atoms. The second-order valence-corrected chi connectivity index (χ2v) is 5.97. The van der Waals surface area contributed by atoms with Crippen LogP contribution in [0.3, 0.4) is 0 Å². The van der Waals surface area contributed by atoms with Gasteiger partial charge in [0.25, 0.3) is 5.91 Å². The SMILES string of the molecule is O=C(NCc1ccc2c(c1)OCO2)c1cn[nH]c1-c1ccc(Cl)cc1. The molecule has 1 aromatic heterocycles. The van der Waals surface area contributed by atoms with Gasteiger partial charge < -0.3 is 14.8 Å². The van der Waals surface area contributed by atoms with Crippen LogP contribution in [0.2, 0.25) is 5.02 Å². The predicted octanol–water partition coefficient (Wildman–Crippen LogP) is 3.39. The van der Waals surface area contributed by atoms with Crippen molar-refractivity contribution in [2.24, 2.45) is 0 Å².